The molecule has 1 aliphatic rings. The lowest BCUT2D eigenvalue weighted by Crippen LogP contribution is -2.35. The maximum atomic E-state index is 13.3. The van der Waals surface area contributed by atoms with Crippen LogP contribution in [-0.2, 0) is 4.74 Å². The lowest BCUT2D eigenvalue weighted by Gasteiger charge is -2.23. The first-order valence-corrected chi connectivity index (χ1v) is 10.6. The monoisotopic (exact) mass is 439 g/mol. The van der Waals surface area contributed by atoms with E-state index in [-0.39, 0.29) is 11.7 Å². The van der Waals surface area contributed by atoms with Crippen LogP contribution in [-0.4, -0.2) is 22.4 Å². The first-order chi connectivity index (χ1) is 16.1. The maximum absolute atomic E-state index is 13.3. The van der Waals surface area contributed by atoms with E-state index in [9.17, 15) is 14.9 Å². The number of nitrogens with zero attached hydrogens (tertiary/aromatic N) is 2. The second-order valence-electron chi connectivity index (χ2n) is 7.88. The third-order valence-electron chi connectivity index (χ3n) is 5.76. The molecule has 0 aromatic heterocycles. The topological polar surface area (TPSA) is 84.7 Å². The molecule has 7 nitrogen and oxygen atoms in total. The van der Waals surface area contributed by atoms with E-state index in [0.29, 0.717) is 12.2 Å². The molecule has 5 rings (SSSR count). The molecule has 2 amide bonds. The van der Waals surface area contributed by atoms with Gasteiger partial charge < -0.3 is 10.1 Å². The van der Waals surface area contributed by atoms with Gasteiger partial charge in [-0.05, 0) is 40.6 Å². The normalized spacial score (nSPS) is 17.8. The molecule has 4 aromatic rings. The van der Waals surface area contributed by atoms with Crippen molar-refractivity contribution in [3.05, 3.63) is 118 Å². The summed E-state index contributed by atoms with van der Waals surface area (Å²) in [7, 11) is 0. The van der Waals surface area contributed by atoms with Gasteiger partial charge in [0.2, 0.25) is 0 Å². The lowest BCUT2D eigenvalue weighted by atomic mass is 10.1. The van der Waals surface area contributed by atoms with E-state index in [2.05, 4.69) is 5.32 Å². The predicted octanol–water partition coefficient (Wildman–Crippen LogP) is 6.05. The van der Waals surface area contributed by atoms with Crippen molar-refractivity contribution in [2.45, 2.75) is 12.3 Å². The van der Waals surface area contributed by atoms with E-state index in [4.69, 9.17) is 4.74 Å². The highest BCUT2D eigenvalue weighted by Gasteiger charge is 2.38. The number of anilines is 1. The molecule has 4 aromatic carbocycles. The maximum Gasteiger partial charge on any atom is 0.324 e. The van der Waals surface area contributed by atoms with E-state index >= 15 is 0 Å². The summed E-state index contributed by atoms with van der Waals surface area (Å²) in [5.74, 6) is 0. The molecule has 0 saturated carbocycles. The summed E-state index contributed by atoms with van der Waals surface area (Å²) in [6.45, 7) is 0.316. The smallest absolute Gasteiger partial charge is 0.324 e. The quantitative estimate of drug-likeness (QED) is 0.310. The van der Waals surface area contributed by atoms with Crippen molar-refractivity contribution in [1.29, 1.82) is 0 Å². The Morgan fingerprint density at radius 2 is 1.58 bits per heavy atom. The minimum atomic E-state index is -0.577. The Morgan fingerprint density at radius 3 is 2.30 bits per heavy atom. The molecule has 1 heterocycles. The van der Waals surface area contributed by atoms with Crippen LogP contribution in [0.15, 0.2) is 97.1 Å². The zero-order valence-electron chi connectivity index (χ0n) is 17.6. The highest BCUT2D eigenvalue weighted by molar-refractivity contribution is 5.93. The number of rotatable bonds is 4. The Morgan fingerprint density at radius 1 is 0.879 bits per heavy atom. The van der Waals surface area contributed by atoms with Crippen LogP contribution in [0.2, 0.25) is 0 Å². The minimum Gasteiger partial charge on any atom is -0.344 e. The van der Waals surface area contributed by atoms with Gasteiger partial charge in [0.15, 0.2) is 6.23 Å². The summed E-state index contributed by atoms with van der Waals surface area (Å²) in [5.41, 5.74) is 2.35. The van der Waals surface area contributed by atoms with Gasteiger partial charge in [0.1, 0.15) is 6.10 Å². The first kappa shape index (κ1) is 20.7. The van der Waals surface area contributed by atoms with Crippen molar-refractivity contribution in [2.75, 3.05) is 11.9 Å². The van der Waals surface area contributed by atoms with Crippen LogP contribution >= 0.6 is 0 Å². The molecule has 1 fully saturated rings. The first-order valence-electron chi connectivity index (χ1n) is 10.6. The number of urea groups is 1. The van der Waals surface area contributed by atoms with Gasteiger partial charge in [-0.3, -0.25) is 15.0 Å². The summed E-state index contributed by atoms with van der Waals surface area (Å²) in [4.78, 5) is 25.5. The molecule has 0 spiro atoms. The molecule has 1 N–H and O–H groups in total. The van der Waals surface area contributed by atoms with Crippen LogP contribution in [0.5, 0.6) is 0 Å². The molecule has 0 aliphatic carbocycles. The summed E-state index contributed by atoms with van der Waals surface area (Å²) in [6.07, 6.45) is -0.981. The van der Waals surface area contributed by atoms with E-state index in [1.807, 2.05) is 72.8 Å². The molecule has 0 bridgehead atoms. The number of amides is 2. The Kier molecular flexibility index (Phi) is 5.46. The largest absolute Gasteiger partial charge is 0.344 e. The number of carbonyl (C=O) groups is 1. The van der Waals surface area contributed by atoms with E-state index in [1.165, 1.54) is 12.1 Å². The summed E-state index contributed by atoms with van der Waals surface area (Å²) in [6, 6.07) is 29.3. The van der Waals surface area contributed by atoms with Crippen LogP contribution in [0.1, 0.15) is 23.5 Å². The van der Waals surface area contributed by atoms with Gasteiger partial charge in [-0.2, -0.15) is 0 Å². The fourth-order valence-electron chi connectivity index (χ4n) is 4.07. The van der Waals surface area contributed by atoms with Crippen molar-refractivity contribution < 1.29 is 14.5 Å². The highest BCUT2D eigenvalue weighted by atomic mass is 16.6. The Hall–Kier alpha value is -4.23. The number of nitro benzene ring substituents is 1. The average molecular weight is 439 g/mol. The lowest BCUT2D eigenvalue weighted by molar-refractivity contribution is -0.384. The Bertz CT molecular complexity index is 1310. The van der Waals surface area contributed by atoms with Crippen molar-refractivity contribution >= 4 is 28.2 Å². The number of fused-ring (bicyclic) bond motifs is 1. The third kappa shape index (κ3) is 4.26. The van der Waals surface area contributed by atoms with Gasteiger partial charge in [0.25, 0.3) is 5.69 Å². The number of carbonyl (C=O) groups excluding carboxylic acids is 1. The molecule has 1 aliphatic heterocycles. The van der Waals surface area contributed by atoms with Crippen molar-refractivity contribution in [2.24, 2.45) is 0 Å². The number of nitrogens with one attached hydrogen (secondary N) is 1. The fourth-order valence-corrected chi connectivity index (χ4v) is 4.07. The SMILES string of the molecule is O=C(Nc1ccc2ccccc2c1)N1C[C@@H](c2ccc([N+](=O)[O-])cc2)O[C@@H]1c1ccccc1. The second-order valence-corrected chi connectivity index (χ2v) is 7.88. The van der Waals surface area contributed by atoms with Gasteiger partial charge >= 0.3 is 6.03 Å². The molecule has 164 valence electrons. The summed E-state index contributed by atoms with van der Waals surface area (Å²) >= 11 is 0. The van der Waals surface area contributed by atoms with Crippen molar-refractivity contribution in [1.82, 2.24) is 4.90 Å². The second kappa shape index (κ2) is 8.72. The molecule has 7 heteroatoms. The van der Waals surface area contributed by atoms with Gasteiger partial charge in [-0.15, -0.1) is 0 Å². The zero-order valence-corrected chi connectivity index (χ0v) is 17.6. The predicted molar refractivity (Wildman–Crippen MR) is 126 cm³/mol. The van der Waals surface area contributed by atoms with Crippen LogP contribution < -0.4 is 5.32 Å². The van der Waals surface area contributed by atoms with Crippen molar-refractivity contribution in [3.63, 3.8) is 0 Å². The fraction of sp³-hybridized carbons (Fsp3) is 0.115. The number of hydrogen-bond donors (Lipinski definition) is 1. The van der Waals surface area contributed by atoms with Crippen LogP contribution in [0.25, 0.3) is 10.8 Å². The number of non-ortho nitro benzene ring substituents is 1. The molecule has 33 heavy (non-hydrogen) atoms. The van der Waals surface area contributed by atoms with Crippen LogP contribution in [0.4, 0.5) is 16.2 Å². The zero-order chi connectivity index (χ0) is 22.8. The summed E-state index contributed by atoms with van der Waals surface area (Å²) in [5, 5.41) is 16.1. The van der Waals surface area contributed by atoms with Gasteiger partial charge in [-0.25, -0.2) is 4.79 Å². The molecule has 1 saturated heterocycles. The molecule has 0 radical (unpaired) electrons. The highest BCUT2D eigenvalue weighted by Crippen LogP contribution is 2.38. The number of ether oxygens (including phenoxy) is 1. The van der Waals surface area contributed by atoms with Crippen molar-refractivity contribution in [3.8, 4) is 0 Å². The Balaban J connectivity index is 1.41. The standard InChI is InChI=1S/C26H21N3O4/c30-26(27-22-13-10-18-6-4-5-9-21(18)16-22)28-17-24(19-11-14-23(15-12-19)29(31)32)33-25(28)20-7-2-1-3-8-20/h1-16,24-25H,17H2,(H,27,30)/t24-,25+/m0/s1. The molecular weight excluding hydrogens is 418 g/mol. The summed E-state index contributed by atoms with van der Waals surface area (Å²) < 4.78 is 6.27. The van der Waals surface area contributed by atoms with Gasteiger partial charge in [0.05, 0.1) is 11.5 Å². The average Bonchev–Trinajstić information content (AvgIpc) is 3.30. The number of nitro groups is 1. The molecular formula is C26H21N3O4. The minimum absolute atomic E-state index is 0.0160. The van der Waals surface area contributed by atoms with Crippen LogP contribution in [0, 0.1) is 10.1 Å². The Labute approximate surface area is 190 Å². The van der Waals surface area contributed by atoms with Crippen LogP contribution in [0.3, 0.4) is 0 Å². The van der Waals surface area contributed by atoms with Gasteiger partial charge in [0, 0.05) is 23.4 Å². The van der Waals surface area contributed by atoms with E-state index in [0.717, 1.165) is 21.9 Å². The third-order valence-corrected chi connectivity index (χ3v) is 5.76. The number of hydrogen-bond acceptors (Lipinski definition) is 4. The molecule has 0 unspecified atom stereocenters. The molecule has 2 atom stereocenters. The number of benzene rings is 4. The van der Waals surface area contributed by atoms with E-state index in [1.54, 1.807) is 17.0 Å². The van der Waals surface area contributed by atoms with Gasteiger partial charge in [-0.1, -0.05) is 60.7 Å². The van der Waals surface area contributed by atoms with E-state index < -0.39 is 17.3 Å².